The predicted molar refractivity (Wildman–Crippen MR) is 89.0 cm³/mol. The summed E-state index contributed by atoms with van der Waals surface area (Å²) in [5.74, 6) is 0. The molecule has 1 aromatic heterocycles. The first kappa shape index (κ1) is 13.3. The molecule has 3 rings (SSSR count). The smallest absolute Gasteiger partial charge is 0.0749 e. The first-order valence-electron chi connectivity index (χ1n) is 5.85. The highest BCUT2D eigenvalue weighted by Crippen LogP contribution is 2.42. The SMILES string of the molecule is Brc1ccc(Br)c(C(Br)c2cc3c(s2)CCC3)c1. The van der Waals surface area contributed by atoms with Crippen LogP contribution in [0.4, 0.5) is 0 Å². The van der Waals surface area contributed by atoms with Gasteiger partial charge in [0.2, 0.25) is 0 Å². The van der Waals surface area contributed by atoms with E-state index in [9.17, 15) is 0 Å². The number of hydrogen-bond acceptors (Lipinski definition) is 1. The Morgan fingerprint density at radius 3 is 2.72 bits per heavy atom. The summed E-state index contributed by atoms with van der Waals surface area (Å²) in [5.41, 5.74) is 2.84. The lowest BCUT2D eigenvalue weighted by molar-refractivity contribution is 0.913. The van der Waals surface area contributed by atoms with Crippen LogP contribution in [0.3, 0.4) is 0 Å². The van der Waals surface area contributed by atoms with E-state index in [0.717, 1.165) is 8.95 Å². The molecule has 0 saturated carbocycles. The summed E-state index contributed by atoms with van der Waals surface area (Å²) in [6.07, 6.45) is 3.85. The summed E-state index contributed by atoms with van der Waals surface area (Å²) in [5, 5.41) is 0. The molecular weight excluding hydrogens is 440 g/mol. The topological polar surface area (TPSA) is 0 Å². The number of rotatable bonds is 2. The van der Waals surface area contributed by atoms with Gasteiger partial charge < -0.3 is 0 Å². The van der Waals surface area contributed by atoms with Crippen LogP contribution in [0.15, 0.2) is 33.2 Å². The van der Waals surface area contributed by atoms with E-state index in [0.29, 0.717) is 0 Å². The van der Waals surface area contributed by atoms with Gasteiger partial charge in [-0.15, -0.1) is 11.3 Å². The third-order valence-corrected chi connectivity index (χ3v) is 7.05. The Labute approximate surface area is 136 Å². The van der Waals surface area contributed by atoms with E-state index in [1.54, 1.807) is 10.4 Å². The van der Waals surface area contributed by atoms with E-state index in [1.807, 2.05) is 11.3 Å². The zero-order chi connectivity index (χ0) is 12.7. The molecule has 2 aromatic rings. The van der Waals surface area contributed by atoms with Gasteiger partial charge in [0.25, 0.3) is 0 Å². The Kier molecular flexibility index (Phi) is 4.00. The maximum atomic E-state index is 3.84. The fourth-order valence-corrected chi connectivity index (χ4v) is 5.55. The Bertz CT molecular complexity index is 567. The van der Waals surface area contributed by atoms with Crippen molar-refractivity contribution in [2.45, 2.75) is 24.1 Å². The fraction of sp³-hybridized carbons (Fsp3) is 0.286. The van der Waals surface area contributed by atoms with Crippen LogP contribution in [-0.2, 0) is 12.8 Å². The zero-order valence-corrected chi connectivity index (χ0v) is 15.1. The second kappa shape index (κ2) is 5.39. The zero-order valence-electron chi connectivity index (χ0n) is 9.55. The second-order valence-corrected chi connectivity index (χ2v) is 8.33. The van der Waals surface area contributed by atoms with Crippen LogP contribution in [0, 0.1) is 0 Å². The van der Waals surface area contributed by atoms with Crippen LogP contribution in [-0.4, -0.2) is 0 Å². The molecule has 0 amide bonds. The summed E-state index contributed by atoms with van der Waals surface area (Å²) in [6, 6.07) is 8.70. The van der Waals surface area contributed by atoms with E-state index in [2.05, 4.69) is 72.1 Å². The van der Waals surface area contributed by atoms with Crippen molar-refractivity contribution in [2.24, 2.45) is 0 Å². The lowest BCUT2D eigenvalue weighted by Gasteiger charge is -2.11. The Hall–Kier alpha value is 0.360. The number of alkyl halides is 1. The molecule has 0 aliphatic heterocycles. The molecule has 0 N–H and O–H groups in total. The Balaban J connectivity index is 1.98. The molecule has 0 saturated heterocycles. The minimum absolute atomic E-state index is 0.278. The number of thiophene rings is 1. The molecule has 1 heterocycles. The van der Waals surface area contributed by atoms with Gasteiger partial charge in [0.05, 0.1) is 4.83 Å². The van der Waals surface area contributed by atoms with Gasteiger partial charge in [0.15, 0.2) is 0 Å². The highest BCUT2D eigenvalue weighted by Gasteiger charge is 2.21. The van der Waals surface area contributed by atoms with Crippen LogP contribution >= 0.6 is 59.1 Å². The Morgan fingerprint density at radius 1 is 1.11 bits per heavy atom. The molecule has 0 radical (unpaired) electrons. The first-order chi connectivity index (χ1) is 8.65. The van der Waals surface area contributed by atoms with Crippen LogP contribution in [0.2, 0.25) is 0 Å². The summed E-state index contributed by atoms with van der Waals surface area (Å²) < 4.78 is 2.27. The van der Waals surface area contributed by atoms with Gasteiger partial charge in [-0.05, 0) is 54.7 Å². The van der Waals surface area contributed by atoms with Crippen molar-refractivity contribution in [3.8, 4) is 0 Å². The van der Waals surface area contributed by atoms with E-state index in [1.165, 1.54) is 29.7 Å². The molecular formula is C14H11Br3S. The number of benzene rings is 1. The van der Waals surface area contributed by atoms with Crippen molar-refractivity contribution >= 4 is 59.1 Å². The van der Waals surface area contributed by atoms with E-state index >= 15 is 0 Å². The molecule has 4 heteroatoms. The van der Waals surface area contributed by atoms with Crippen molar-refractivity contribution in [1.82, 2.24) is 0 Å². The third-order valence-electron chi connectivity index (χ3n) is 3.25. The molecule has 0 nitrogen and oxygen atoms in total. The van der Waals surface area contributed by atoms with Gasteiger partial charge in [-0.3, -0.25) is 0 Å². The summed E-state index contributed by atoms with van der Waals surface area (Å²) >= 11 is 13.0. The Morgan fingerprint density at radius 2 is 1.94 bits per heavy atom. The molecule has 1 unspecified atom stereocenters. The molecule has 94 valence electrons. The minimum Gasteiger partial charge on any atom is -0.144 e. The van der Waals surface area contributed by atoms with Crippen LogP contribution in [0.1, 0.15) is 32.1 Å². The van der Waals surface area contributed by atoms with Gasteiger partial charge in [-0.2, -0.15) is 0 Å². The summed E-state index contributed by atoms with van der Waals surface area (Å²) in [4.78, 5) is 3.28. The van der Waals surface area contributed by atoms with Crippen LogP contribution in [0.25, 0.3) is 0 Å². The van der Waals surface area contributed by atoms with Gasteiger partial charge in [0.1, 0.15) is 0 Å². The van der Waals surface area contributed by atoms with Crippen molar-refractivity contribution < 1.29 is 0 Å². The number of hydrogen-bond donors (Lipinski definition) is 0. The number of halogens is 3. The van der Waals surface area contributed by atoms with E-state index < -0.39 is 0 Å². The standard InChI is InChI=1S/C14H11Br3S/c15-9-4-5-11(16)10(7-9)14(17)13-6-8-2-1-3-12(8)18-13/h4-7,14H,1-3H2. The highest BCUT2D eigenvalue weighted by molar-refractivity contribution is 9.11. The van der Waals surface area contributed by atoms with Crippen LogP contribution in [0.5, 0.6) is 0 Å². The molecule has 1 aromatic carbocycles. The molecule has 0 spiro atoms. The lowest BCUT2D eigenvalue weighted by Crippen LogP contribution is -1.91. The van der Waals surface area contributed by atoms with Gasteiger partial charge >= 0.3 is 0 Å². The number of fused-ring (bicyclic) bond motifs is 1. The van der Waals surface area contributed by atoms with Gasteiger partial charge in [-0.25, -0.2) is 0 Å². The molecule has 0 bridgehead atoms. The van der Waals surface area contributed by atoms with Gasteiger partial charge in [0, 0.05) is 18.7 Å². The quantitative estimate of drug-likeness (QED) is 0.474. The summed E-state index contributed by atoms with van der Waals surface area (Å²) in [6.45, 7) is 0. The lowest BCUT2D eigenvalue weighted by atomic mass is 10.1. The average Bonchev–Trinajstić information content (AvgIpc) is 2.91. The number of aryl methyl sites for hydroxylation is 2. The second-order valence-electron chi connectivity index (χ2n) is 4.48. The normalized spacial score (nSPS) is 15.7. The first-order valence-corrected chi connectivity index (χ1v) is 9.17. The fourth-order valence-electron chi connectivity index (χ4n) is 2.34. The maximum Gasteiger partial charge on any atom is 0.0749 e. The molecule has 1 atom stereocenters. The van der Waals surface area contributed by atoms with Crippen molar-refractivity contribution in [2.75, 3.05) is 0 Å². The molecule has 18 heavy (non-hydrogen) atoms. The van der Waals surface area contributed by atoms with E-state index in [4.69, 9.17) is 0 Å². The maximum absolute atomic E-state index is 3.84. The minimum atomic E-state index is 0.278. The highest BCUT2D eigenvalue weighted by atomic mass is 79.9. The largest absolute Gasteiger partial charge is 0.144 e. The third kappa shape index (κ3) is 2.49. The van der Waals surface area contributed by atoms with Gasteiger partial charge in [-0.1, -0.05) is 47.8 Å². The molecule has 1 aliphatic rings. The summed E-state index contributed by atoms with van der Waals surface area (Å²) in [7, 11) is 0. The monoisotopic (exact) mass is 448 g/mol. The predicted octanol–water partition coefficient (Wildman–Crippen LogP) is 6.25. The van der Waals surface area contributed by atoms with Crippen LogP contribution < -0.4 is 0 Å². The molecule has 1 aliphatic carbocycles. The van der Waals surface area contributed by atoms with Crippen molar-refractivity contribution in [3.63, 3.8) is 0 Å². The van der Waals surface area contributed by atoms with Crippen molar-refractivity contribution in [1.29, 1.82) is 0 Å². The molecule has 0 fully saturated rings. The van der Waals surface area contributed by atoms with Crippen molar-refractivity contribution in [3.05, 3.63) is 54.1 Å². The van der Waals surface area contributed by atoms with E-state index in [-0.39, 0.29) is 4.83 Å². The average molecular weight is 451 g/mol.